The number of hydrogen-bond acceptors (Lipinski definition) is 2. The van der Waals surface area contributed by atoms with E-state index in [1.807, 2.05) is 0 Å². The molecule has 0 aliphatic rings. The van der Waals surface area contributed by atoms with Crippen LogP contribution in [0.5, 0.6) is 0 Å². The summed E-state index contributed by atoms with van der Waals surface area (Å²) in [4.78, 5) is 10.4. The van der Waals surface area contributed by atoms with Gasteiger partial charge in [-0.15, -0.1) is 0 Å². The molecule has 0 saturated carbocycles. The van der Waals surface area contributed by atoms with Crippen LogP contribution >= 0.6 is 11.6 Å². The van der Waals surface area contributed by atoms with Crippen molar-refractivity contribution >= 4 is 17.6 Å². The predicted molar refractivity (Wildman–Crippen MR) is 45.8 cm³/mol. The van der Waals surface area contributed by atoms with E-state index in [0.717, 1.165) is 0 Å². The largest absolute Gasteiger partial charge is 0.480 e. The molecule has 88 valence electrons. The summed E-state index contributed by atoms with van der Waals surface area (Å²) in [6.45, 7) is 0. The molecule has 1 unspecified atom stereocenters. The Bertz CT molecular complexity index is 437. The minimum atomic E-state index is -2.22. The van der Waals surface area contributed by atoms with Gasteiger partial charge in [0.25, 0.3) is 0 Å². The van der Waals surface area contributed by atoms with Gasteiger partial charge in [0.15, 0.2) is 23.3 Å². The third-order valence-corrected chi connectivity index (χ3v) is 2.15. The molecule has 0 radical (unpaired) electrons. The lowest BCUT2D eigenvalue weighted by atomic mass is 10.1. The molecule has 0 aliphatic carbocycles. The summed E-state index contributed by atoms with van der Waals surface area (Å²) in [5, 5.41) is 7.01. The second kappa shape index (κ2) is 4.26. The van der Waals surface area contributed by atoms with Crippen LogP contribution in [0.4, 0.5) is 17.6 Å². The van der Waals surface area contributed by atoms with E-state index in [0.29, 0.717) is 0 Å². The first-order chi connectivity index (χ1) is 7.29. The molecule has 0 saturated heterocycles. The fourth-order valence-corrected chi connectivity index (χ4v) is 1.18. The number of aliphatic carboxylic acids is 1. The number of nitrogens with two attached hydrogens (primary N) is 1. The van der Waals surface area contributed by atoms with E-state index in [2.05, 4.69) is 0 Å². The Labute approximate surface area is 91.4 Å². The van der Waals surface area contributed by atoms with Crippen LogP contribution in [0.15, 0.2) is 0 Å². The Morgan fingerprint density at radius 2 is 1.50 bits per heavy atom. The average molecular weight is 258 g/mol. The Morgan fingerprint density at radius 3 is 1.81 bits per heavy atom. The molecule has 0 fully saturated rings. The van der Waals surface area contributed by atoms with Crippen molar-refractivity contribution in [3.05, 3.63) is 33.9 Å². The molecule has 1 aromatic rings. The minimum absolute atomic E-state index is 1.39. The second-order valence-corrected chi connectivity index (χ2v) is 3.18. The first-order valence-electron chi connectivity index (χ1n) is 3.78. The maximum absolute atomic E-state index is 13.1. The molecule has 3 nitrogen and oxygen atoms in total. The highest BCUT2D eigenvalue weighted by atomic mass is 35.5. The second-order valence-electron chi connectivity index (χ2n) is 2.80. The Morgan fingerprint density at radius 1 is 1.12 bits per heavy atom. The van der Waals surface area contributed by atoms with Crippen LogP contribution in [0, 0.1) is 23.3 Å². The summed E-state index contributed by atoms with van der Waals surface area (Å²) >= 11 is 4.93. The van der Waals surface area contributed by atoms with Crippen LogP contribution < -0.4 is 5.73 Å². The zero-order chi connectivity index (χ0) is 12.6. The zero-order valence-electron chi connectivity index (χ0n) is 7.40. The monoisotopic (exact) mass is 257 g/mol. The topological polar surface area (TPSA) is 63.3 Å². The van der Waals surface area contributed by atoms with Gasteiger partial charge < -0.3 is 10.8 Å². The van der Waals surface area contributed by atoms with Crippen LogP contribution in [0.25, 0.3) is 0 Å². The molecular weight excluding hydrogens is 254 g/mol. The highest BCUT2D eigenvalue weighted by Crippen LogP contribution is 2.30. The van der Waals surface area contributed by atoms with Gasteiger partial charge in [-0.25, -0.2) is 17.6 Å². The van der Waals surface area contributed by atoms with Crippen molar-refractivity contribution in [2.45, 2.75) is 6.04 Å². The first kappa shape index (κ1) is 12.7. The number of benzene rings is 1. The van der Waals surface area contributed by atoms with Gasteiger partial charge in [-0.3, -0.25) is 4.79 Å². The summed E-state index contributed by atoms with van der Waals surface area (Å²) in [6.07, 6.45) is 0. The van der Waals surface area contributed by atoms with Gasteiger partial charge in [-0.05, 0) is 0 Å². The van der Waals surface area contributed by atoms with Gasteiger partial charge in [-0.1, -0.05) is 11.6 Å². The van der Waals surface area contributed by atoms with Crippen LogP contribution in [0.2, 0.25) is 5.02 Å². The molecule has 0 amide bonds. The Hall–Kier alpha value is -1.34. The van der Waals surface area contributed by atoms with Crippen molar-refractivity contribution in [3.63, 3.8) is 0 Å². The molecule has 1 atom stereocenters. The molecule has 16 heavy (non-hydrogen) atoms. The minimum Gasteiger partial charge on any atom is -0.480 e. The molecule has 0 spiro atoms. The summed E-state index contributed by atoms with van der Waals surface area (Å²) < 4.78 is 52.0. The smallest absolute Gasteiger partial charge is 0.325 e. The lowest BCUT2D eigenvalue weighted by Gasteiger charge is -2.11. The van der Waals surface area contributed by atoms with Crippen molar-refractivity contribution in [2.75, 3.05) is 0 Å². The molecule has 1 rings (SSSR count). The fraction of sp³-hybridized carbons (Fsp3) is 0.125. The van der Waals surface area contributed by atoms with Gasteiger partial charge >= 0.3 is 5.97 Å². The van der Waals surface area contributed by atoms with E-state index in [1.54, 1.807) is 0 Å². The van der Waals surface area contributed by atoms with E-state index in [-0.39, 0.29) is 0 Å². The van der Waals surface area contributed by atoms with Crippen molar-refractivity contribution in [1.82, 2.24) is 0 Å². The summed E-state index contributed by atoms with van der Waals surface area (Å²) in [5.74, 6) is -9.43. The predicted octanol–water partition coefficient (Wildman–Crippen LogP) is 1.98. The third kappa shape index (κ3) is 1.83. The van der Waals surface area contributed by atoms with Gasteiger partial charge in [0.2, 0.25) is 0 Å². The third-order valence-electron chi connectivity index (χ3n) is 1.82. The van der Waals surface area contributed by atoms with Crippen LogP contribution in [-0.4, -0.2) is 11.1 Å². The fourth-order valence-electron chi connectivity index (χ4n) is 1.02. The van der Waals surface area contributed by atoms with E-state index in [1.165, 1.54) is 0 Å². The molecule has 0 heterocycles. The van der Waals surface area contributed by atoms with Crippen LogP contribution in [0.3, 0.4) is 0 Å². The number of carboxylic acid groups (broad SMARTS) is 1. The van der Waals surface area contributed by atoms with Crippen molar-refractivity contribution in [3.8, 4) is 0 Å². The summed E-state index contributed by atoms with van der Waals surface area (Å²) in [7, 11) is 0. The number of carboxylic acids is 1. The number of rotatable bonds is 2. The highest BCUT2D eigenvalue weighted by molar-refractivity contribution is 6.30. The highest BCUT2D eigenvalue weighted by Gasteiger charge is 2.30. The maximum atomic E-state index is 13.1. The zero-order valence-corrected chi connectivity index (χ0v) is 8.16. The SMILES string of the molecule is NC(C(=O)O)c1c(F)c(F)c(Cl)c(F)c1F. The van der Waals surface area contributed by atoms with Crippen LogP contribution in [0.1, 0.15) is 11.6 Å². The van der Waals surface area contributed by atoms with Gasteiger partial charge in [-0.2, -0.15) is 0 Å². The van der Waals surface area contributed by atoms with E-state index < -0.39 is 45.9 Å². The number of carbonyl (C=O) groups is 1. The number of hydrogen-bond donors (Lipinski definition) is 2. The standard InChI is InChI=1S/C8H4ClF4NO2/c9-2-5(12)3(10)1(4(11)6(2)13)7(14)8(15)16/h7H,14H2,(H,15,16). The Kier molecular flexibility index (Phi) is 3.39. The number of halogens is 5. The summed E-state index contributed by atoms with van der Waals surface area (Å²) in [6, 6.07) is -2.22. The van der Waals surface area contributed by atoms with E-state index in [9.17, 15) is 22.4 Å². The van der Waals surface area contributed by atoms with Crippen molar-refractivity contribution in [2.24, 2.45) is 5.73 Å². The van der Waals surface area contributed by atoms with E-state index >= 15 is 0 Å². The van der Waals surface area contributed by atoms with E-state index in [4.69, 9.17) is 22.4 Å². The van der Waals surface area contributed by atoms with Gasteiger partial charge in [0.05, 0.1) is 5.56 Å². The molecule has 0 aromatic heterocycles. The van der Waals surface area contributed by atoms with Gasteiger partial charge in [0, 0.05) is 0 Å². The average Bonchev–Trinajstić information content (AvgIpc) is 2.23. The quantitative estimate of drug-likeness (QED) is 0.484. The summed E-state index contributed by atoms with van der Waals surface area (Å²) in [5.41, 5.74) is 3.46. The first-order valence-corrected chi connectivity index (χ1v) is 4.16. The molecule has 1 aromatic carbocycles. The molecule has 8 heteroatoms. The lowest BCUT2D eigenvalue weighted by molar-refractivity contribution is -0.138. The molecule has 0 bridgehead atoms. The Balaban J connectivity index is 3.57. The normalized spacial score (nSPS) is 12.6. The van der Waals surface area contributed by atoms with Crippen molar-refractivity contribution in [1.29, 1.82) is 0 Å². The molecule has 3 N–H and O–H groups in total. The van der Waals surface area contributed by atoms with Crippen molar-refractivity contribution < 1.29 is 27.5 Å². The molecule has 0 aliphatic heterocycles. The maximum Gasteiger partial charge on any atom is 0.325 e. The van der Waals surface area contributed by atoms with Crippen LogP contribution in [-0.2, 0) is 4.79 Å². The lowest BCUT2D eigenvalue weighted by Crippen LogP contribution is -2.24. The van der Waals surface area contributed by atoms with Gasteiger partial charge in [0.1, 0.15) is 11.1 Å². The molecular formula is C8H4ClF4NO2.